The zero-order valence-electron chi connectivity index (χ0n) is 14.0. The van der Waals surface area contributed by atoms with E-state index in [4.69, 9.17) is 0 Å². The molecule has 1 aliphatic carbocycles. The van der Waals surface area contributed by atoms with E-state index in [1.54, 1.807) is 11.8 Å². The molecule has 1 amide bonds. The summed E-state index contributed by atoms with van der Waals surface area (Å²) in [5.41, 5.74) is 1.12. The predicted octanol–water partition coefficient (Wildman–Crippen LogP) is 5.34. The number of carbonyl (C=O) groups is 1. The number of carbonyl (C=O) groups excluding carboxylic acids is 1. The van der Waals surface area contributed by atoms with E-state index in [1.165, 1.54) is 12.1 Å². The number of benzene rings is 2. The van der Waals surface area contributed by atoms with Gasteiger partial charge in [0.25, 0.3) is 0 Å². The minimum absolute atomic E-state index is 0.0212. The van der Waals surface area contributed by atoms with E-state index in [9.17, 15) is 18.0 Å². The van der Waals surface area contributed by atoms with Gasteiger partial charge in [0.2, 0.25) is 5.91 Å². The molecule has 2 aromatic carbocycles. The molecule has 0 saturated heterocycles. The van der Waals surface area contributed by atoms with Crippen molar-refractivity contribution in [2.45, 2.75) is 29.8 Å². The third-order valence-corrected chi connectivity index (χ3v) is 6.13. The van der Waals surface area contributed by atoms with E-state index < -0.39 is 11.7 Å². The Morgan fingerprint density at radius 3 is 2.54 bits per heavy atom. The SMILES string of the molecule is O=C(C1CC1c1ccc(C(F)(F)F)cc1)N1CCCSc2ccccc21. The number of halogens is 3. The van der Waals surface area contributed by atoms with Gasteiger partial charge in [-0.25, -0.2) is 0 Å². The van der Waals surface area contributed by atoms with Gasteiger partial charge in [0.15, 0.2) is 0 Å². The zero-order chi connectivity index (χ0) is 18.3. The van der Waals surface area contributed by atoms with Crippen LogP contribution in [0.1, 0.15) is 29.9 Å². The first-order chi connectivity index (χ1) is 12.4. The average molecular weight is 377 g/mol. The monoisotopic (exact) mass is 377 g/mol. The van der Waals surface area contributed by atoms with Gasteiger partial charge in [-0.2, -0.15) is 13.2 Å². The largest absolute Gasteiger partial charge is 0.416 e. The Bertz CT molecular complexity index is 819. The summed E-state index contributed by atoms with van der Waals surface area (Å²) in [6.45, 7) is 0.694. The number of nitrogens with zero attached hydrogens (tertiary/aromatic N) is 1. The number of anilines is 1. The minimum atomic E-state index is -4.33. The van der Waals surface area contributed by atoms with Crippen molar-refractivity contribution in [3.63, 3.8) is 0 Å². The van der Waals surface area contributed by atoms with E-state index in [0.717, 1.165) is 40.5 Å². The van der Waals surface area contributed by atoms with Gasteiger partial charge in [-0.1, -0.05) is 24.3 Å². The molecular formula is C20H18F3NOS. The number of alkyl halides is 3. The molecule has 136 valence electrons. The summed E-state index contributed by atoms with van der Waals surface area (Å²) >= 11 is 1.76. The highest BCUT2D eigenvalue weighted by molar-refractivity contribution is 7.99. The number of amides is 1. The molecule has 1 aliphatic heterocycles. The lowest BCUT2D eigenvalue weighted by molar-refractivity contribution is -0.137. The molecular weight excluding hydrogens is 359 g/mol. The van der Waals surface area contributed by atoms with Crippen LogP contribution in [0, 0.1) is 5.92 Å². The van der Waals surface area contributed by atoms with Crippen molar-refractivity contribution in [3.8, 4) is 0 Å². The molecule has 2 aromatic rings. The Hall–Kier alpha value is -1.95. The Labute approximate surface area is 154 Å². The highest BCUT2D eigenvalue weighted by Crippen LogP contribution is 2.50. The maximum absolute atomic E-state index is 13.0. The molecule has 1 fully saturated rings. The third kappa shape index (κ3) is 3.34. The molecule has 0 aromatic heterocycles. The Morgan fingerprint density at radius 1 is 1.08 bits per heavy atom. The van der Waals surface area contributed by atoms with E-state index in [1.807, 2.05) is 29.2 Å². The molecule has 2 atom stereocenters. The molecule has 0 radical (unpaired) electrons. The summed E-state index contributed by atoms with van der Waals surface area (Å²) < 4.78 is 38.1. The van der Waals surface area contributed by atoms with Crippen molar-refractivity contribution >= 4 is 23.4 Å². The lowest BCUT2D eigenvalue weighted by Gasteiger charge is -2.22. The summed E-state index contributed by atoms with van der Waals surface area (Å²) in [6.07, 6.45) is -2.69. The van der Waals surface area contributed by atoms with Crippen LogP contribution in [0.4, 0.5) is 18.9 Å². The van der Waals surface area contributed by atoms with Crippen LogP contribution < -0.4 is 4.90 Å². The molecule has 0 bridgehead atoms. The molecule has 1 saturated carbocycles. The quantitative estimate of drug-likeness (QED) is 0.704. The van der Waals surface area contributed by atoms with Crippen LogP contribution in [-0.4, -0.2) is 18.2 Å². The highest BCUT2D eigenvalue weighted by atomic mass is 32.2. The minimum Gasteiger partial charge on any atom is -0.311 e. The maximum Gasteiger partial charge on any atom is 0.416 e. The number of fused-ring (bicyclic) bond motifs is 1. The number of thioether (sulfide) groups is 1. The molecule has 0 N–H and O–H groups in total. The highest BCUT2D eigenvalue weighted by Gasteiger charge is 2.46. The Morgan fingerprint density at radius 2 is 1.81 bits per heavy atom. The van der Waals surface area contributed by atoms with Crippen LogP contribution in [0.2, 0.25) is 0 Å². The van der Waals surface area contributed by atoms with Crippen molar-refractivity contribution in [1.82, 2.24) is 0 Å². The molecule has 26 heavy (non-hydrogen) atoms. The Balaban J connectivity index is 1.51. The summed E-state index contributed by atoms with van der Waals surface area (Å²) in [6, 6.07) is 13.1. The maximum atomic E-state index is 13.0. The second-order valence-corrected chi connectivity index (χ2v) is 7.86. The normalized spacial score (nSPS) is 22.5. The topological polar surface area (TPSA) is 20.3 Å². The van der Waals surface area contributed by atoms with Gasteiger partial charge in [0.05, 0.1) is 11.3 Å². The number of hydrogen-bond acceptors (Lipinski definition) is 2. The van der Waals surface area contributed by atoms with Gasteiger partial charge >= 0.3 is 6.18 Å². The van der Waals surface area contributed by atoms with Gasteiger partial charge in [-0.3, -0.25) is 4.79 Å². The molecule has 6 heteroatoms. The van der Waals surface area contributed by atoms with Gasteiger partial charge in [-0.05, 0) is 54.3 Å². The van der Waals surface area contributed by atoms with Gasteiger partial charge in [0.1, 0.15) is 0 Å². The van der Waals surface area contributed by atoms with Crippen LogP contribution in [0.15, 0.2) is 53.4 Å². The predicted molar refractivity (Wildman–Crippen MR) is 96.4 cm³/mol. The zero-order valence-corrected chi connectivity index (χ0v) is 14.8. The average Bonchev–Trinajstić information content (AvgIpc) is 3.44. The first kappa shape index (κ1) is 17.5. The standard InChI is InChI=1S/C20H18F3NOS/c21-20(22,23)14-8-6-13(7-9-14)15-12-16(15)19(25)24-10-3-11-26-18-5-2-1-4-17(18)24/h1-2,4-9,15-16H,3,10-12H2. The molecule has 4 rings (SSSR count). The second kappa shape index (κ2) is 6.65. The van der Waals surface area contributed by atoms with Gasteiger partial charge in [-0.15, -0.1) is 11.8 Å². The molecule has 0 spiro atoms. The van der Waals surface area contributed by atoms with E-state index in [-0.39, 0.29) is 17.7 Å². The van der Waals surface area contributed by atoms with Crippen LogP contribution in [0.25, 0.3) is 0 Å². The first-order valence-corrected chi connectivity index (χ1v) is 9.64. The van der Waals surface area contributed by atoms with E-state index in [0.29, 0.717) is 13.0 Å². The van der Waals surface area contributed by atoms with E-state index in [2.05, 4.69) is 0 Å². The fourth-order valence-corrected chi connectivity index (χ4v) is 4.51. The van der Waals surface area contributed by atoms with Crippen LogP contribution >= 0.6 is 11.8 Å². The van der Waals surface area contributed by atoms with Gasteiger partial charge < -0.3 is 4.90 Å². The van der Waals surface area contributed by atoms with Crippen LogP contribution in [0.5, 0.6) is 0 Å². The third-order valence-electron chi connectivity index (χ3n) is 4.98. The van der Waals surface area contributed by atoms with Crippen molar-refractivity contribution in [3.05, 3.63) is 59.7 Å². The lowest BCUT2D eigenvalue weighted by Crippen LogP contribution is -2.33. The van der Waals surface area contributed by atoms with Crippen molar-refractivity contribution in [2.24, 2.45) is 5.92 Å². The smallest absolute Gasteiger partial charge is 0.311 e. The van der Waals surface area contributed by atoms with Gasteiger partial charge in [0, 0.05) is 17.4 Å². The summed E-state index contributed by atoms with van der Waals surface area (Å²) in [4.78, 5) is 16.0. The fraction of sp³-hybridized carbons (Fsp3) is 0.350. The van der Waals surface area contributed by atoms with Crippen molar-refractivity contribution in [2.75, 3.05) is 17.2 Å². The number of rotatable bonds is 2. The summed E-state index contributed by atoms with van der Waals surface area (Å²) in [5, 5.41) is 0. The van der Waals surface area contributed by atoms with Crippen molar-refractivity contribution < 1.29 is 18.0 Å². The molecule has 2 unspecified atom stereocenters. The van der Waals surface area contributed by atoms with Crippen molar-refractivity contribution in [1.29, 1.82) is 0 Å². The van der Waals surface area contributed by atoms with Crippen LogP contribution in [0.3, 0.4) is 0 Å². The first-order valence-electron chi connectivity index (χ1n) is 8.65. The molecule has 1 heterocycles. The summed E-state index contributed by atoms with van der Waals surface area (Å²) in [7, 11) is 0. The van der Waals surface area contributed by atoms with Crippen LogP contribution in [-0.2, 0) is 11.0 Å². The molecule has 2 nitrogen and oxygen atoms in total. The van der Waals surface area contributed by atoms with E-state index >= 15 is 0 Å². The molecule has 2 aliphatic rings. The second-order valence-electron chi connectivity index (χ2n) is 6.73. The lowest BCUT2D eigenvalue weighted by atomic mass is 10.1. The number of hydrogen-bond donors (Lipinski definition) is 0. The summed E-state index contributed by atoms with van der Waals surface area (Å²) in [5.74, 6) is 0.953. The fourth-order valence-electron chi connectivity index (χ4n) is 3.51. The number of para-hydroxylation sites is 1. The Kier molecular flexibility index (Phi) is 4.47.